The number of ether oxygens (including phenoxy) is 2. The molecule has 114 valence electrons. The van der Waals surface area contributed by atoms with Gasteiger partial charge in [-0.1, -0.05) is 36.3 Å². The minimum absolute atomic E-state index is 0.361. The minimum atomic E-state index is -1.21. The maximum Gasteiger partial charge on any atom is 0.323 e. The van der Waals surface area contributed by atoms with E-state index < -0.39 is 17.4 Å². The van der Waals surface area contributed by atoms with Gasteiger partial charge in [-0.25, -0.2) is 0 Å². The molecule has 1 atom stereocenters. The number of hydrogen-bond acceptors (Lipinski definition) is 4. The molecule has 0 saturated heterocycles. The van der Waals surface area contributed by atoms with Crippen LogP contribution in [0, 0.1) is 11.3 Å². The normalized spacial score (nSPS) is 27.8. The summed E-state index contributed by atoms with van der Waals surface area (Å²) in [4.78, 5) is 24.5. The van der Waals surface area contributed by atoms with Crippen LogP contribution < -0.4 is 0 Å². The van der Waals surface area contributed by atoms with E-state index in [1.165, 1.54) is 14.2 Å². The molecule has 0 bridgehead atoms. The Labute approximate surface area is 125 Å². The first kappa shape index (κ1) is 15.5. The summed E-state index contributed by atoms with van der Waals surface area (Å²) in [7, 11) is 2.63. The number of allylic oxidation sites excluding steroid dienone is 6. The first-order valence-electron chi connectivity index (χ1n) is 7.17. The Kier molecular flexibility index (Phi) is 4.35. The summed E-state index contributed by atoms with van der Waals surface area (Å²) < 4.78 is 9.76. The Bertz CT molecular complexity index is 535. The number of rotatable bonds is 2. The highest BCUT2D eigenvalue weighted by Gasteiger charge is 2.52. The molecule has 0 spiro atoms. The molecule has 0 aromatic rings. The Balaban J connectivity index is 2.41. The molecular weight excluding hydrogens is 268 g/mol. The highest BCUT2D eigenvalue weighted by Crippen LogP contribution is 2.47. The highest BCUT2D eigenvalue weighted by atomic mass is 16.5. The fraction of sp³-hybridized carbons (Fsp3) is 0.529. The van der Waals surface area contributed by atoms with Gasteiger partial charge in [0.15, 0.2) is 5.41 Å². The van der Waals surface area contributed by atoms with Crippen LogP contribution in [0.15, 0.2) is 34.9 Å². The molecule has 2 aliphatic carbocycles. The van der Waals surface area contributed by atoms with Gasteiger partial charge in [0.05, 0.1) is 14.2 Å². The van der Waals surface area contributed by atoms with Gasteiger partial charge in [0.2, 0.25) is 0 Å². The maximum absolute atomic E-state index is 12.2. The fourth-order valence-corrected chi connectivity index (χ4v) is 3.21. The first-order valence-corrected chi connectivity index (χ1v) is 7.17. The molecule has 2 aliphatic rings. The molecule has 4 heteroatoms. The van der Waals surface area contributed by atoms with Crippen LogP contribution in [0.1, 0.15) is 33.1 Å². The maximum atomic E-state index is 12.2. The first-order chi connectivity index (χ1) is 9.92. The average molecular weight is 290 g/mol. The zero-order chi connectivity index (χ0) is 15.6. The predicted molar refractivity (Wildman–Crippen MR) is 79.4 cm³/mol. The molecule has 0 N–H and O–H groups in total. The second-order valence-electron chi connectivity index (χ2n) is 5.98. The molecule has 21 heavy (non-hydrogen) atoms. The van der Waals surface area contributed by atoms with E-state index in [0.717, 1.165) is 23.1 Å². The second kappa shape index (κ2) is 5.88. The van der Waals surface area contributed by atoms with Gasteiger partial charge in [0.25, 0.3) is 0 Å². The largest absolute Gasteiger partial charge is 0.468 e. The molecule has 0 amide bonds. The van der Waals surface area contributed by atoms with Gasteiger partial charge in [0, 0.05) is 0 Å². The average Bonchev–Trinajstić information content (AvgIpc) is 2.81. The van der Waals surface area contributed by atoms with Crippen molar-refractivity contribution in [3.05, 3.63) is 34.9 Å². The number of esters is 2. The summed E-state index contributed by atoms with van der Waals surface area (Å²) >= 11 is 0. The lowest BCUT2D eigenvalue weighted by Gasteiger charge is -2.23. The molecule has 0 aliphatic heterocycles. The lowest BCUT2D eigenvalue weighted by molar-refractivity contribution is -0.168. The van der Waals surface area contributed by atoms with E-state index in [9.17, 15) is 9.59 Å². The summed E-state index contributed by atoms with van der Waals surface area (Å²) in [6.45, 7) is 4.16. The minimum Gasteiger partial charge on any atom is -0.468 e. The second-order valence-corrected chi connectivity index (χ2v) is 5.98. The lowest BCUT2D eigenvalue weighted by Crippen LogP contribution is -2.39. The summed E-state index contributed by atoms with van der Waals surface area (Å²) in [5, 5.41) is 0. The molecular formula is C17H22O4. The van der Waals surface area contributed by atoms with Gasteiger partial charge < -0.3 is 9.47 Å². The van der Waals surface area contributed by atoms with E-state index in [2.05, 4.69) is 25.2 Å². The number of carbonyl (C=O) groups excluding carboxylic acids is 2. The Morgan fingerprint density at radius 1 is 1.19 bits per heavy atom. The SMILES string of the molecule is COC(=O)C1(C(=O)OC)CC2=C(CC(C)/C=C\C(C)=C/2)C1. The Morgan fingerprint density at radius 2 is 1.81 bits per heavy atom. The fourth-order valence-electron chi connectivity index (χ4n) is 3.21. The lowest BCUT2D eigenvalue weighted by atomic mass is 9.83. The van der Waals surface area contributed by atoms with Crippen LogP contribution in [-0.4, -0.2) is 26.2 Å². The monoisotopic (exact) mass is 290 g/mol. The van der Waals surface area contributed by atoms with Crippen molar-refractivity contribution in [2.75, 3.05) is 14.2 Å². The quantitative estimate of drug-likeness (QED) is 0.579. The van der Waals surface area contributed by atoms with Gasteiger partial charge in [-0.3, -0.25) is 9.59 Å². The van der Waals surface area contributed by atoms with E-state index >= 15 is 0 Å². The number of methoxy groups -OCH3 is 2. The third kappa shape index (κ3) is 2.80. The van der Waals surface area contributed by atoms with Crippen LogP contribution in [0.2, 0.25) is 0 Å². The third-order valence-electron chi connectivity index (χ3n) is 4.27. The Morgan fingerprint density at radius 3 is 2.38 bits per heavy atom. The summed E-state index contributed by atoms with van der Waals surface area (Å²) in [6, 6.07) is 0. The molecule has 0 saturated carbocycles. The van der Waals surface area contributed by atoms with Crippen molar-refractivity contribution in [3.63, 3.8) is 0 Å². The van der Waals surface area contributed by atoms with Crippen molar-refractivity contribution in [2.24, 2.45) is 11.3 Å². The van der Waals surface area contributed by atoms with Crippen molar-refractivity contribution in [1.82, 2.24) is 0 Å². The van der Waals surface area contributed by atoms with E-state index in [1.54, 1.807) is 0 Å². The van der Waals surface area contributed by atoms with Crippen molar-refractivity contribution >= 4 is 11.9 Å². The van der Waals surface area contributed by atoms with Crippen LogP contribution in [0.5, 0.6) is 0 Å². The van der Waals surface area contributed by atoms with Crippen molar-refractivity contribution < 1.29 is 19.1 Å². The van der Waals surface area contributed by atoms with Crippen LogP contribution in [-0.2, 0) is 19.1 Å². The zero-order valence-electron chi connectivity index (χ0n) is 13.1. The van der Waals surface area contributed by atoms with Gasteiger partial charge in [0.1, 0.15) is 0 Å². The molecule has 2 rings (SSSR count). The van der Waals surface area contributed by atoms with E-state index in [1.807, 2.05) is 6.92 Å². The third-order valence-corrected chi connectivity index (χ3v) is 4.27. The van der Waals surface area contributed by atoms with Crippen molar-refractivity contribution in [3.8, 4) is 0 Å². The van der Waals surface area contributed by atoms with Gasteiger partial charge in [-0.15, -0.1) is 0 Å². The molecule has 4 nitrogen and oxygen atoms in total. The summed E-state index contributed by atoms with van der Waals surface area (Å²) in [6.07, 6.45) is 7.91. The Hall–Kier alpha value is -1.84. The standard InChI is InChI=1S/C17H22O4/c1-11-5-6-12(2)8-14-10-17(15(18)20-3,16(19)21-4)9-13(14)7-11/h5-7,12H,8-10H2,1-4H3/b6-5-,11-7-. The molecule has 0 aromatic heterocycles. The summed E-state index contributed by atoms with van der Waals surface area (Å²) in [5.41, 5.74) is 2.13. The smallest absolute Gasteiger partial charge is 0.323 e. The molecule has 0 radical (unpaired) electrons. The predicted octanol–water partition coefficient (Wildman–Crippen LogP) is 2.95. The van der Waals surface area contributed by atoms with Crippen LogP contribution in [0.4, 0.5) is 0 Å². The van der Waals surface area contributed by atoms with Crippen LogP contribution >= 0.6 is 0 Å². The van der Waals surface area contributed by atoms with E-state index in [4.69, 9.17) is 9.47 Å². The van der Waals surface area contributed by atoms with Gasteiger partial charge in [-0.2, -0.15) is 0 Å². The van der Waals surface area contributed by atoms with Crippen LogP contribution in [0.3, 0.4) is 0 Å². The number of carbonyl (C=O) groups is 2. The number of hydrogen-bond donors (Lipinski definition) is 0. The van der Waals surface area contributed by atoms with Crippen molar-refractivity contribution in [1.29, 1.82) is 0 Å². The molecule has 0 fully saturated rings. The zero-order valence-corrected chi connectivity index (χ0v) is 13.1. The molecule has 1 unspecified atom stereocenters. The van der Waals surface area contributed by atoms with Crippen LogP contribution in [0.25, 0.3) is 0 Å². The molecule has 0 heterocycles. The van der Waals surface area contributed by atoms with E-state index in [-0.39, 0.29) is 0 Å². The van der Waals surface area contributed by atoms with Gasteiger partial charge in [-0.05, 0) is 37.7 Å². The van der Waals surface area contributed by atoms with Crippen molar-refractivity contribution in [2.45, 2.75) is 33.1 Å². The van der Waals surface area contributed by atoms with E-state index in [0.29, 0.717) is 18.8 Å². The van der Waals surface area contributed by atoms with Gasteiger partial charge >= 0.3 is 11.9 Å². The highest BCUT2D eigenvalue weighted by molar-refractivity contribution is 6.01. The summed E-state index contributed by atoms with van der Waals surface area (Å²) in [5.74, 6) is -0.634. The topological polar surface area (TPSA) is 52.6 Å². The molecule has 0 aromatic carbocycles.